The third kappa shape index (κ3) is 29.6. The van der Waals surface area contributed by atoms with Crippen LogP contribution in [0, 0.1) is 0 Å². The number of hydrogen-bond acceptors (Lipinski definition) is 15. The van der Waals surface area contributed by atoms with Gasteiger partial charge in [0.25, 0.3) is 0 Å². The fraction of sp³-hybridized carbons (Fsp3) is 0.891. The van der Waals surface area contributed by atoms with Gasteiger partial charge in [0.15, 0.2) is 18.7 Å². The standard InChI is InChI=1S/C55H100O15/c1-3-5-7-9-11-13-15-17-19-20-21-22-24-25-27-29-31-33-35-37-46(57)65-40-43(68-47(58)38-36-34-32-30-28-26-23-18-16-14-12-10-8-6-4-2)41-66-54-53(64)51(62)49(60)45(70-54)42-67-55-52(63)50(61)48(59)44(39-56)69-55/h17,19,28,30,43-45,48-56,59-64H,3-16,18,20-27,29,31-42H2,1-2H3/b19-17+,30-28+/t43-,44+,45+,48-,49-,50?,51?,52?,53?,54+,55+/m0/s1. The number of esters is 2. The number of carbonyl (C=O) groups excluding carboxylic acids is 2. The van der Waals surface area contributed by atoms with Gasteiger partial charge in [0.2, 0.25) is 0 Å². The van der Waals surface area contributed by atoms with E-state index >= 15 is 0 Å². The highest BCUT2D eigenvalue weighted by Crippen LogP contribution is 2.27. The van der Waals surface area contributed by atoms with Gasteiger partial charge in [-0.1, -0.05) is 167 Å². The minimum absolute atomic E-state index is 0.137. The average molecular weight is 1000 g/mol. The molecule has 0 aromatic carbocycles. The zero-order valence-corrected chi connectivity index (χ0v) is 43.5. The van der Waals surface area contributed by atoms with Crippen molar-refractivity contribution >= 4 is 11.9 Å². The number of rotatable bonds is 44. The summed E-state index contributed by atoms with van der Waals surface area (Å²) in [5.41, 5.74) is 0. The molecule has 0 bridgehead atoms. The molecule has 2 rings (SSSR count). The summed E-state index contributed by atoms with van der Waals surface area (Å²) in [6.45, 7) is 2.59. The van der Waals surface area contributed by atoms with E-state index in [1.54, 1.807) is 0 Å². The normalized spacial score (nSPS) is 25.5. The number of aliphatic hydroxyl groups is 7. The molecule has 2 saturated heterocycles. The minimum atomic E-state index is -1.77. The van der Waals surface area contributed by atoms with E-state index in [0.717, 1.165) is 38.5 Å². The van der Waals surface area contributed by atoms with Crippen molar-refractivity contribution in [3.63, 3.8) is 0 Å². The monoisotopic (exact) mass is 1000 g/mol. The van der Waals surface area contributed by atoms with Gasteiger partial charge in [0.1, 0.15) is 55.4 Å². The van der Waals surface area contributed by atoms with Gasteiger partial charge < -0.3 is 64.2 Å². The van der Waals surface area contributed by atoms with Crippen molar-refractivity contribution in [2.45, 2.75) is 287 Å². The maximum absolute atomic E-state index is 13.0. The van der Waals surface area contributed by atoms with E-state index in [0.29, 0.717) is 12.8 Å². The summed E-state index contributed by atoms with van der Waals surface area (Å²) in [4.78, 5) is 25.8. The van der Waals surface area contributed by atoms with Gasteiger partial charge in [-0.15, -0.1) is 0 Å². The summed E-state index contributed by atoms with van der Waals surface area (Å²) in [7, 11) is 0. The predicted octanol–water partition coefficient (Wildman–Crippen LogP) is 8.72. The van der Waals surface area contributed by atoms with Crippen LogP contribution in [0.3, 0.4) is 0 Å². The molecule has 2 heterocycles. The lowest BCUT2D eigenvalue weighted by Crippen LogP contribution is -2.61. The fourth-order valence-corrected chi connectivity index (χ4v) is 8.80. The predicted molar refractivity (Wildman–Crippen MR) is 271 cm³/mol. The molecule has 0 aliphatic carbocycles. The smallest absolute Gasteiger partial charge is 0.306 e. The first kappa shape index (κ1) is 64.1. The van der Waals surface area contributed by atoms with Crippen LogP contribution >= 0.6 is 0 Å². The highest BCUT2D eigenvalue weighted by atomic mass is 16.7. The Balaban J connectivity index is 1.77. The third-order valence-electron chi connectivity index (χ3n) is 13.4. The van der Waals surface area contributed by atoms with Crippen LogP contribution in [0.15, 0.2) is 24.3 Å². The summed E-state index contributed by atoms with van der Waals surface area (Å²) < 4.78 is 33.6. The SMILES string of the molecule is CCCCCCCC/C=C/CCCCCCCCCCCC(=O)OC[C@@H](CO[C@@H]1O[C@H](CO[C@@H]2O[C@H](CO)[C@H](O)C(O)C2O)[C@H](O)C(O)C1O)OC(=O)CCCC/C=C/CCCCCCCCCCC. The van der Waals surface area contributed by atoms with Crippen LogP contribution in [0.4, 0.5) is 0 Å². The van der Waals surface area contributed by atoms with Crippen LogP contribution in [0.5, 0.6) is 0 Å². The Morgan fingerprint density at radius 2 is 0.814 bits per heavy atom. The first-order valence-electron chi connectivity index (χ1n) is 27.9. The molecular formula is C55H100O15. The molecule has 0 aromatic rings. The van der Waals surface area contributed by atoms with Crippen molar-refractivity contribution in [1.29, 1.82) is 0 Å². The Hall–Kier alpha value is -2.02. The largest absolute Gasteiger partial charge is 0.462 e. The van der Waals surface area contributed by atoms with E-state index in [4.69, 9.17) is 28.4 Å². The number of ether oxygens (including phenoxy) is 6. The fourth-order valence-electron chi connectivity index (χ4n) is 8.80. The average Bonchev–Trinajstić information content (AvgIpc) is 3.35. The van der Waals surface area contributed by atoms with Gasteiger partial charge in [0.05, 0.1) is 19.8 Å². The molecule has 0 amide bonds. The molecular weight excluding hydrogens is 901 g/mol. The number of allylic oxidation sites excluding steroid dienone is 4. The second-order valence-electron chi connectivity index (χ2n) is 19.8. The second-order valence-corrected chi connectivity index (χ2v) is 19.8. The first-order chi connectivity index (χ1) is 34.0. The van der Waals surface area contributed by atoms with Gasteiger partial charge >= 0.3 is 11.9 Å². The molecule has 15 nitrogen and oxygen atoms in total. The molecule has 11 atom stereocenters. The number of carbonyl (C=O) groups is 2. The molecule has 0 saturated carbocycles. The van der Waals surface area contributed by atoms with E-state index in [1.165, 1.54) is 141 Å². The molecule has 410 valence electrons. The molecule has 4 unspecified atom stereocenters. The zero-order chi connectivity index (χ0) is 51.0. The molecule has 2 aliphatic heterocycles. The van der Waals surface area contributed by atoms with Crippen LogP contribution in [0.2, 0.25) is 0 Å². The Kier molecular flexibility index (Phi) is 38.8. The van der Waals surface area contributed by atoms with Crippen molar-refractivity contribution < 1.29 is 73.8 Å². The van der Waals surface area contributed by atoms with E-state index < -0.39 is 92.7 Å². The maximum Gasteiger partial charge on any atom is 0.306 e. The Morgan fingerprint density at radius 1 is 0.443 bits per heavy atom. The quantitative estimate of drug-likeness (QED) is 0.0172. The molecule has 15 heteroatoms. The number of hydrogen-bond donors (Lipinski definition) is 7. The number of aliphatic hydroxyl groups excluding tert-OH is 7. The van der Waals surface area contributed by atoms with Crippen molar-refractivity contribution in [2.24, 2.45) is 0 Å². The van der Waals surface area contributed by atoms with Crippen molar-refractivity contribution in [2.75, 3.05) is 26.4 Å². The third-order valence-corrected chi connectivity index (χ3v) is 13.4. The van der Waals surface area contributed by atoms with Gasteiger partial charge in [-0.3, -0.25) is 9.59 Å². The van der Waals surface area contributed by atoms with Gasteiger partial charge in [-0.25, -0.2) is 0 Å². The summed E-state index contributed by atoms with van der Waals surface area (Å²) in [5, 5.41) is 72.2. The lowest BCUT2D eigenvalue weighted by molar-refractivity contribution is -0.332. The molecule has 7 N–H and O–H groups in total. The highest BCUT2D eigenvalue weighted by Gasteiger charge is 2.47. The van der Waals surface area contributed by atoms with Crippen molar-refractivity contribution in [3.05, 3.63) is 24.3 Å². The van der Waals surface area contributed by atoms with Crippen molar-refractivity contribution in [1.82, 2.24) is 0 Å². The molecule has 2 aliphatic rings. The van der Waals surface area contributed by atoms with E-state index in [1.807, 2.05) is 0 Å². The van der Waals surface area contributed by atoms with Crippen LogP contribution in [0.1, 0.15) is 219 Å². The Labute approximate surface area is 422 Å². The summed E-state index contributed by atoms with van der Waals surface area (Å²) in [5.74, 6) is -0.945. The summed E-state index contributed by atoms with van der Waals surface area (Å²) in [6.07, 6.45) is 27.7. The van der Waals surface area contributed by atoms with Crippen LogP contribution < -0.4 is 0 Å². The topological polar surface area (TPSA) is 231 Å². The maximum atomic E-state index is 13.0. The van der Waals surface area contributed by atoms with Gasteiger partial charge in [0, 0.05) is 12.8 Å². The Bertz CT molecular complexity index is 1310. The highest BCUT2D eigenvalue weighted by molar-refractivity contribution is 5.70. The van der Waals surface area contributed by atoms with Crippen LogP contribution in [0.25, 0.3) is 0 Å². The molecule has 70 heavy (non-hydrogen) atoms. The van der Waals surface area contributed by atoms with E-state index in [2.05, 4.69) is 38.2 Å². The Morgan fingerprint density at radius 3 is 1.29 bits per heavy atom. The molecule has 0 radical (unpaired) electrons. The summed E-state index contributed by atoms with van der Waals surface area (Å²) in [6, 6.07) is 0. The van der Waals surface area contributed by atoms with Gasteiger partial charge in [-0.05, 0) is 64.2 Å². The first-order valence-corrected chi connectivity index (χ1v) is 27.9. The zero-order valence-electron chi connectivity index (χ0n) is 43.5. The summed E-state index contributed by atoms with van der Waals surface area (Å²) >= 11 is 0. The van der Waals surface area contributed by atoms with Crippen LogP contribution in [-0.4, -0.2) is 142 Å². The molecule has 0 spiro atoms. The molecule has 0 aromatic heterocycles. The van der Waals surface area contributed by atoms with Gasteiger partial charge in [-0.2, -0.15) is 0 Å². The van der Waals surface area contributed by atoms with E-state index in [-0.39, 0.29) is 26.1 Å². The van der Waals surface area contributed by atoms with Crippen LogP contribution in [-0.2, 0) is 38.0 Å². The van der Waals surface area contributed by atoms with Crippen molar-refractivity contribution in [3.8, 4) is 0 Å². The lowest BCUT2D eigenvalue weighted by Gasteiger charge is -2.42. The molecule has 2 fully saturated rings. The second kappa shape index (κ2) is 42.3. The number of unbranched alkanes of at least 4 members (excludes halogenated alkanes) is 26. The van der Waals surface area contributed by atoms with E-state index in [9.17, 15) is 45.3 Å². The minimum Gasteiger partial charge on any atom is -0.462 e. The lowest BCUT2D eigenvalue weighted by atomic mass is 9.98.